The maximum atomic E-state index is 13.0. The Morgan fingerprint density at radius 3 is 2.46 bits per heavy atom. The van der Waals surface area contributed by atoms with Gasteiger partial charge in [-0.3, -0.25) is 9.80 Å². The number of amides is 1. The van der Waals surface area contributed by atoms with Crippen LogP contribution >= 0.6 is 11.6 Å². The number of hydrazone groups is 1. The van der Waals surface area contributed by atoms with Gasteiger partial charge in [0.05, 0.1) is 34.5 Å². The zero-order chi connectivity index (χ0) is 27.0. The van der Waals surface area contributed by atoms with Crippen molar-refractivity contribution in [1.29, 1.82) is 5.26 Å². The molecule has 1 spiro atoms. The van der Waals surface area contributed by atoms with E-state index < -0.39 is 0 Å². The summed E-state index contributed by atoms with van der Waals surface area (Å²) in [6.45, 7) is 4.26. The smallest absolute Gasteiger partial charge is 0.239 e. The van der Waals surface area contributed by atoms with Gasteiger partial charge in [-0.05, 0) is 80.9 Å². The summed E-state index contributed by atoms with van der Waals surface area (Å²) in [5.74, 6) is 2.04. The minimum atomic E-state index is -0.256. The third-order valence-electron chi connectivity index (χ3n) is 10.2. The highest BCUT2D eigenvalue weighted by atomic mass is 35.5. The molecule has 6 rings (SSSR count). The molecule has 0 radical (unpaired) electrons. The van der Waals surface area contributed by atoms with E-state index in [9.17, 15) is 15.2 Å². The molecule has 0 bridgehead atoms. The Labute approximate surface area is 237 Å². The van der Waals surface area contributed by atoms with Gasteiger partial charge in [0.2, 0.25) is 5.91 Å². The third-order valence-corrected chi connectivity index (χ3v) is 10.5. The van der Waals surface area contributed by atoms with E-state index in [4.69, 9.17) is 16.7 Å². The Hall–Kier alpha value is -2.34. The molecule has 1 amide bonds. The Bertz CT molecular complexity index is 1120. The number of likely N-dealkylation sites (tertiary alicyclic amines) is 2. The first-order valence-electron chi connectivity index (χ1n) is 15.0. The first-order valence-corrected chi connectivity index (χ1v) is 15.3. The molecule has 1 aromatic rings. The topological polar surface area (TPSA) is 95.2 Å². The molecule has 2 unspecified atom stereocenters. The van der Waals surface area contributed by atoms with Crippen molar-refractivity contribution in [3.05, 3.63) is 28.8 Å². The Morgan fingerprint density at radius 1 is 1.08 bits per heavy atom. The van der Waals surface area contributed by atoms with E-state index in [0.717, 1.165) is 57.4 Å². The second-order valence-corrected chi connectivity index (χ2v) is 12.9. The molecule has 39 heavy (non-hydrogen) atoms. The Balaban J connectivity index is 1.08. The number of hydrogen-bond acceptors (Lipinski definition) is 7. The highest BCUT2D eigenvalue weighted by Crippen LogP contribution is 2.42. The van der Waals surface area contributed by atoms with Crippen molar-refractivity contribution in [2.45, 2.75) is 88.8 Å². The van der Waals surface area contributed by atoms with E-state index in [2.05, 4.69) is 21.3 Å². The lowest BCUT2D eigenvalue weighted by molar-refractivity contribution is -0.136. The minimum Gasteiger partial charge on any atom is -0.393 e. The van der Waals surface area contributed by atoms with Crippen molar-refractivity contribution in [2.24, 2.45) is 16.4 Å². The molecule has 1 aliphatic carbocycles. The minimum absolute atomic E-state index is 0.0805. The van der Waals surface area contributed by atoms with Crippen LogP contribution < -0.4 is 10.3 Å². The standard InChI is InChI=1S/C30H41ClN6O2/c31-25-17-23(6-5-22(25)19-32)37-27(21-3-1-2-4-21)18-28(34-37)35-15-11-30(12-16-35)10-7-26(33-20-30)29(39)36-13-8-24(38)9-14-36/h5-6,17,21,24,26-27,33,38H,1-4,7-16,18,20H2. The normalized spacial score (nSPS) is 28.1. The molecule has 210 valence electrons. The fourth-order valence-corrected chi connectivity index (χ4v) is 7.78. The summed E-state index contributed by atoms with van der Waals surface area (Å²) in [5.41, 5.74) is 1.74. The number of anilines is 1. The lowest BCUT2D eigenvalue weighted by Gasteiger charge is -2.47. The molecule has 1 saturated carbocycles. The fraction of sp³-hybridized carbons (Fsp3) is 0.700. The van der Waals surface area contributed by atoms with Crippen molar-refractivity contribution in [2.75, 3.05) is 37.7 Å². The second-order valence-electron chi connectivity index (χ2n) is 12.5. The maximum Gasteiger partial charge on any atom is 0.239 e. The Morgan fingerprint density at radius 2 is 1.82 bits per heavy atom. The molecule has 1 aromatic carbocycles. The highest BCUT2D eigenvalue weighted by Gasteiger charge is 2.43. The summed E-state index contributed by atoms with van der Waals surface area (Å²) >= 11 is 6.41. The van der Waals surface area contributed by atoms with Crippen LogP contribution in [-0.2, 0) is 4.79 Å². The first kappa shape index (κ1) is 26.9. The number of amidine groups is 1. The van der Waals surface area contributed by atoms with Crippen LogP contribution in [0.5, 0.6) is 0 Å². The van der Waals surface area contributed by atoms with Gasteiger partial charge in [0.15, 0.2) is 0 Å². The van der Waals surface area contributed by atoms with E-state index in [1.165, 1.54) is 31.5 Å². The first-order chi connectivity index (χ1) is 18.9. The fourth-order valence-electron chi connectivity index (χ4n) is 7.56. The molecule has 2 atom stereocenters. The molecule has 0 aromatic heterocycles. The number of benzene rings is 1. The zero-order valence-corrected chi connectivity index (χ0v) is 23.6. The molecule has 8 nitrogen and oxygen atoms in total. The van der Waals surface area contributed by atoms with Crippen LogP contribution in [0.2, 0.25) is 5.02 Å². The summed E-state index contributed by atoms with van der Waals surface area (Å²) in [7, 11) is 0. The SMILES string of the molecule is N#Cc1ccc(N2N=C(N3CCC4(CCC(C(=O)N5CCC(O)CC5)NC4)CC3)CC2C2CCCC2)cc1Cl. The molecule has 4 fully saturated rings. The average Bonchev–Trinajstić information content (AvgIpc) is 3.65. The van der Waals surface area contributed by atoms with Crippen LogP contribution in [0.3, 0.4) is 0 Å². The van der Waals surface area contributed by atoms with Crippen LogP contribution in [-0.4, -0.2) is 77.6 Å². The molecule has 4 heterocycles. The number of carbonyl (C=O) groups excluding carboxylic acids is 1. The van der Waals surface area contributed by atoms with Gasteiger partial charge in [0, 0.05) is 39.1 Å². The summed E-state index contributed by atoms with van der Waals surface area (Å²) in [6.07, 6.45) is 11.4. The molecular weight excluding hydrogens is 512 g/mol. The third kappa shape index (κ3) is 5.51. The van der Waals surface area contributed by atoms with Crippen molar-refractivity contribution >= 4 is 29.0 Å². The maximum absolute atomic E-state index is 13.0. The largest absolute Gasteiger partial charge is 0.393 e. The van der Waals surface area contributed by atoms with Gasteiger partial charge in [-0.2, -0.15) is 10.4 Å². The van der Waals surface area contributed by atoms with Crippen LogP contribution in [0.1, 0.15) is 76.2 Å². The number of piperidine rings is 3. The summed E-state index contributed by atoms with van der Waals surface area (Å²) < 4.78 is 0. The van der Waals surface area contributed by atoms with E-state index >= 15 is 0 Å². The van der Waals surface area contributed by atoms with Crippen LogP contribution in [0.15, 0.2) is 23.3 Å². The number of halogens is 1. The lowest BCUT2D eigenvalue weighted by atomic mass is 9.71. The lowest BCUT2D eigenvalue weighted by Crippen LogP contribution is -2.57. The average molecular weight is 553 g/mol. The van der Waals surface area contributed by atoms with Gasteiger partial charge >= 0.3 is 0 Å². The van der Waals surface area contributed by atoms with Gasteiger partial charge in [-0.15, -0.1) is 0 Å². The molecule has 5 aliphatic rings. The molecule has 2 N–H and O–H groups in total. The van der Waals surface area contributed by atoms with Gasteiger partial charge < -0.3 is 20.2 Å². The highest BCUT2D eigenvalue weighted by molar-refractivity contribution is 6.32. The number of rotatable bonds is 3. The zero-order valence-electron chi connectivity index (χ0n) is 22.8. The van der Waals surface area contributed by atoms with Gasteiger partial charge in [-0.25, -0.2) is 0 Å². The predicted octanol–water partition coefficient (Wildman–Crippen LogP) is 4.11. The van der Waals surface area contributed by atoms with E-state index in [1.807, 2.05) is 23.1 Å². The summed E-state index contributed by atoms with van der Waals surface area (Å²) in [6, 6.07) is 8.13. The predicted molar refractivity (Wildman–Crippen MR) is 153 cm³/mol. The number of nitrogens with zero attached hydrogens (tertiary/aromatic N) is 5. The number of aliphatic hydroxyl groups is 1. The number of carbonyl (C=O) groups is 1. The van der Waals surface area contributed by atoms with Gasteiger partial charge in [0.25, 0.3) is 0 Å². The monoisotopic (exact) mass is 552 g/mol. The van der Waals surface area contributed by atoms with Crippen LogP contribution in [0.25, 0.3) is 0 Å². The van der Waals surface area contributed by atoms with Crippen molar-refractivity contribution < 1.29 is 9.90 Å². The van der Waals surface area contributed by atoms with Gasteiger partial charge in [-0.1, -0.05) is 24.4 Å². The van der Waals surface area contributed by atoms with Crippen molar-refractivity contribution in [1.82, 2.24) is 15.1 Å². The van der Waals surface area contributed by atoms with Crippen molar-refractivity contribution in [3.63, 3.8) is 0 Å². The quantitative estimate of drug-likeness (QED) is 0.586. The van der Waals surface area contributed by atoms with E-state index in [1.54, 1.807) is 0 Å². The second kappa shape index (κ2) is 11.3. The van der Waals surface area contributed by atoms with Gasteiger partial charge in [0.1, 0.15) is 11.9 Å². The number of nitrogens with one attached hydrogen (secondary N) is 1. The van der Waals surface area contributed by atoms with E-state index in [-0.39, 0.29) is 23.5 Å². The van der Waals surface area contributed by atoms with Crippen molar-refractivity contribution in [3.8, 4) is 6.07 Å². The van der Waals surface area contributed by atoms with Crippen LogP contribution in [0, 0.1) is 22.7 Å². The summed E-state index contributed by atoms with van der Waals surface area (Å²) in [5, 5.41) is 30.6. The molecule has 4 aliphatic heterocycles. The molecular formula is C30H41ClN6O2. The van der Waals surface area contributed by atoms with Crippen LogP contribution in [0.4, 0.5) is 5.69 Å². The summed E-state index contributed by atoms with van der Waals surface area (Å²) in [4.78, 5) is 17.5. The van der Waals surface area contributed by atoms with E-state index in [0.29, 0.717) is 48.5 Å². The molecule has 3 saturated heterocycles. The molecule has 9 heteroatoms. The number of aliphatic hydroxyl groups excluding tert-OH is 1. The number of hydrogen-bond donors (Lipinski definition) is 2. The Kier molecular flexibility index (Phi) is 7.76. The number of nitriles is 1.